The van der Waals surface area contributed by atoms with Gasteiger partial charge < -0.3 is 14.7 Å². The number of nitrogens with zero attached hydrogens (tertiary/aromatic N) is 4. The summed E-state index contributed by atoms with van der Waals surface area (Å²) in [5.74, 6) is -2.35. The monoisotopic (exact) mass is 626 g/mol. The fourth-order valence-corrected chi connectivity index (χ4v) is 7.06. The molecule has 1 N–H and O–H groups in total. The van der Waals surface area contributed by atoms with Crippen molar-refractivity contribution in [2.75, 3.05) is 31.0 Å². The third kappa shape index (κ3) is 5.40. The van der Waals surface area contributed by atoms with Crippen LogP contribution in [0.1, 0.15) is 22.7 Å². The number of rotatable bonds is 8. The zero-order valence-electron chi connectivity index (χ0n) is 24.0. The van der Waals surface area contributed by atoms with Crippen molar-refractivity contribution in [3.8, 4) is 5.75 Å². The van der Waals surface area contributed by atoms with Gasteiger partial charge >= 0.3 is 5.91 Å². The number of anilines is 2. The fraction of sp³-hybridized carbons (Fsp3) is 0.152. The minimum absolute atomic E-state index is 0.0137. The number of ketones is 1. The first kappa shape index (κ1) is 29.3. The predicted molar refractivity (Wildman–Crippen MR) is 172 cm³/mol. The van der Waals surface area contributed by atoms with E-state index in [1.54, 1.807) is 12.1 Å². The van der Waals surface area contributed by atoms with Gasteiger partial charge in [-0.25, -0.2) is 4.39 Å². The van der Waals surface area contributed by atoms with Crippen LogP contribution in [0.3, 0.4) is 0 Å². The highest BCUT2D eigenvalue weighted by atomic mass is 32.2. The third-order valence-corrected chi connectivity index (χ3v) is 9.53. The molecule has 222 valence electrons. The first-order valence-electron chi connectivity index (χ1n) is 13.6. The number of carbonyl (C=O) groups is 2. The highest BCUT2D eigenvalue weighted by Crippen LogP contribution is 2.44. The molecule has 0 aliphatic carbocycles. The van der Waals surface area contributed by atoms with Crippen molar-refractivity contribution in [3.05, 3.63) is 113 Å². The third-order valence-electron chi connectivity index (χ3n) is 7.43. The summed E-state index contributed by atoms with van der Waals surface area (Å²) in [4.78, 5) is 30.3. The van der Waals surface area contributed by atoms with Crippen LogP contribution in [0.25, 0.3) is 16.5 Å². The van der Waals surface area contributed by atoms with Gasteiger partial charge in [0.2, 0.25) is 5.13 Å². The molecule has 1 aliphatic heterocycles. The SMILES string of the molecule is COc1ccc(C(O)=C2C(=O)C(=O)N(c3nnc(SCc4cccc5ccccc45)s3)C2c2ccc(N(C)C)cc2)cc1F. The van der Waals surface area contributed by atoms with Gasteiger partial charge in [-0.05, 0) is 52.2 Å². The van der Waals surface area contributed by atoms with Crippen LogP contribution in [0.4, 0.5) is 15.2 Å². The highest BCUT2D eigenvalue weighted by Gasteiger charge is 2.48. The zero-order chi connectivity index (χ0) is 31.0. The molecule has 1 aliphatic rings. The number of thioether (sulfide) groups is 1. The van der Waals surface area contributed by atoms with Gasteiger partial charge in [0.05, 0.1) is 18.7 Å². The number of hydrogen-bond donors (Lipinski definition) is 1. The topological polar surface area (TPSA) is 95.9 Å². The molecular weight excluding hydrogens is 600 g/mol. The van der Waals surface area contributed by atoms with Crippen LogP contribution in [-0.4, -0.2) is 48.2 Å². The van der Waals surface area contributed by atoms with Crippen molar-refractivity contribution >= 4 is 62.1 Å². The Kier molecular flexibility index (Phi) is 8.07. The van der Waals surface area contributed by atoms with Crippen LogP contribution in [0.15, 0.2) is 94.8 Å². The molecule has 0 saturated carbocycles. The average Bonchev–Trinajstić information content (AvgIpc) is 3.61. The molecule has 0 bridgehead atoms. The molecule has 1 unspecified atom stereocenters. The Balaban J connectivity index is 1.38. The van der Waals surface area contributed by atoms with E-state index in [4.69, 9.17) is 4.74 Å². The van der Waals surface area contributed by atoms with Crippen molar-refractivity contribution in [1.82, 2.24) is 10.2 Å². The van der Waals surface area contributed by atoms with Crippen molar-refractivity contribution in [3.63, 3.8) is 0 Å². The second kappa shape index (κ2) is 12.1. The number of halogens is 1. The number of Topliss-reactive ketones (excluding diaryl/α,β-unsaturated/α-hetero) is 1. The van der Waals surface area contributed by atoms with Crippen LogP contribution in [0, 0.1) is 5.82 Å². The van der Waals surface area contributed by atoms with Gasteiger partial charge in [0.1, 0.15) is 5.76 Å². The van der Waals surface area contributed by atoms with Crippen LogP contribution in [0.5, 0.6) is 5.75 Å². The molecule has 5 aromatic rings. The van der Waals surface area contributed by atoms with Gasteiger partial charge in [-0.15, -0.1) is 10.2 Å². The summed E-state index contributed by atoms with van der Waals surface area (Å²) >= 11 is 2.67. The van der Waals surface area contributed by atoms with Crippen molar-refractivity contribution in [2.24, 2.45) is 0 Å². The van der Waals surface area contributed by atoms with E-state index in [0.29, 0.717) is 15.7 Å². The lowest BCUT2D eigenvalue weighted by atomic mass is 9.95. The van der Waals surface area contributed by atoms with Gasteiger partial charge in [0.25, 0.3) is 5.78 Å². The first-order chi connectivity index (χ1) is 21.3. The fourth-order valence-electron chi connectivity index (χ4n) is 5.19. The molecule has 1 aromatic heterocycles. The van der Waals surface area contributed by atoms with E-state index in [1.807, 2.05) is 49.3 Å². The standard InChI is InChI=1S/C33H27FN4O4S2/c1-37(2)23-14-11-20(12-15-23)28-27(29(39)21-13-16-26(42-3)25(34)17-21)30(40)31(41)38(28)32-35-36-33(44-32)43-18-22-9-6-8-19-7-4-5-10-24(19)22/h4-17,28,39H,18H2,1-3H3. The average molecular weight is 627 g/mol. The summed E-state index contributed by atoms with van der Waals surface area (Å²) in [5, 5.41) is 22.5. The Hall–Kier alpha value is -4.74. The largest absolute Gasteiger partial charge is 0.507 e. The molecule has 1 fully saturated rings. The van der Waals surface area contributed by atoms with Gasteiger partial charge in [0, 0.05) is 31.1 Å². The maximum absolute atomic E-state index is 14.6. The molecular formula is C33H27FN4O4S2. The Morgan fingerprint density at radius 3 is 2.50 bits per heavy atom. The molecule has 2 heterocycles. The molecule has 6 rings (SSSR count). The quantitative estimate of drug-likeness (QED) is 0.0659. The molecule has 1 amide bonds. The predicted octanol–water partition coefficient (Wildman–Crippen LogP) is 6.82. The molecule has 1 saturated heterocycles. The maximum atomic E-state index is 14.6. The number of hydrogen-bond acceptors (Lipinski definition) is 9. The summed E-state index contributed by atoms with van der Waals surface area (Å²) in [6, 6.07) is 24.4. The number of methoxy groups -OCH3 is 1. The van der Waals surface area contributed by atoms with E-state index >= 15 is 0 Å². The molecule has 0 spiro atoms. The summed E-state index contributed by atoms with van der Waals surface area (Å²) in [6.45, 7) is 0. The lowest BCUT2D eigenvalue weighted by molar-refractivity contribution is -0.132. The second-order valence-electron chi connectivity index (χ2n) is 10.3. The van der Waals surface area contributed by atoms with E-state index < -0.39 is 29.3 Å². The first-order valence-corrected chi connectivity index (χ1v) is 15.4. The van der Waals surface area contributed by atoms with E-state index in [1.165, 1.54) is 47.2 Å². The number of aliphatic hydroxyl groups is 1. The van der Waals surface area contributed by atoms with Crippen LogP contribution >= 0.6 is 23.1 Å². The van der Waals surface area contributed by atoms with Crippen molar-refractivity contribution in [1.29, 1.82) is 0 Å². The summed E-state index contributed by atoms with van der Waals surface area (Å²) in [6.07, 6.45) is 0. The van der Waals surface area contributed by atoms with Gasteiger partial charge in [-0.3, -0.25) is 14.5 Å². The Morgan fingerprint density at radius 1 is 1.02 bits per heavy atom. The molecule has 1 atom stereocenters. The Labute approximate surface area is 261 Å². The van der Waals surface area contributed by atoms with Gasteiger partial charge in [0.15, 0.2) is 15.9 Å². The maximum Gasteiger partial charge on any atom is 0.301 e. The Morgan fingerprint density at radius 2 is 1.77 bits per heavy atom. The number of aliphatic hydroxyl groups excluding tert-OH is 1. The summed E-state index contributed by atoms with van der Waals surface area (Å²) in [7, 11) is 5.13. The van der Waals surface area contributed by atoms with Crippen LogP contribution < -0.4 is 14.5 Å². The number of fused-ring (bicyclic) bond motifs is 1. The summed E-state index contributed by atoms with van der Waals surface area (Å²) < 4.78 is 20.2. The minimum atomic E-state index is -1.01. The van der Waals surface area contributed by atoms with E-state index in [9.17, 15) is 19.1 Å². The number of carbonyl (C=O) groups excluding carboxylic acids is 2. The molecule has 8 nitrogen and oxygen atoms in total. The zero-order valence-corrected chi connectivity index (χ0v) is 25.7. The minimum Gasteiger partial charge on any atom is -0.507 e. The number of aromatic nitrogens is 2. The van der Waals surface area contributed by atoms with Gasteiger partial charge in [-0.1, -0.05) is 77.7 Å². The van der Waals surface area contributed by atoms with Crippen molar-refractivity contribution < 1.29 is 23.8 Å². The molecule has 44 heavy (non-hydrogen) atoms. The van der Waals surface area contributed by atoms with E-state index in [0.717, 1.165) is 28.1 Å². The molecule has 4 aromatic carbocycles. The molecule has 0 radical (unpaired) electrons. The second-order valence-corrected chi connectivity index (χ2v) is 12.5. The highest BCUT2D eigenvalue weighted by molar-refractivity contribution is 8.00. The van der Waals surface area contributed by atoms with Crippen molar-refractivity contribution in [2.45, 2.75) is 16.1 Å². The number of benzene rings is 4. The van der Waals surface area contributed by atoms with Gasteiger partial charge in [-0.2, -0.15) is 0 Å². The smallest absolute Gasteiger partial charge is 0.301 e. The van der Waals surface area contributed by atoms with E-state index in [-0.39, 0.29) is 22.0 Å². The normalized spacial score (nSPS) is 16.1. The number of ether oxygens (including phenoxy) is 1. The lowest BCUT2D eigenvalue weighted by Crippen LogP contribution is -2.29. The van der Waals surface area contributed by atoms with Crippen LogP contribution in [-0.2, 0) is 15.3 Å². The Bertz CT molecular complexity index is 1920. The molecule has 11 heteroatoms. The number of amides is 1. The van der Waals surface area contributed by atoms with E-state index in [2.05, 4.69) is 34.5 Å². The van der Waals surface area contributed by atoms with Crippen LogP contribution in [0.2, 0.25) is 0 Å². The lowest BCUT2D eigenvalue weighted by Gasteiger charge is -2.23. The summed E-state index contributed by atoms with van der Waals surface area (Å²) in [5.41, 5.74) is 2.49.